The minimum Gasteiger partial charge on any atom is -0.395 e. The number of hydrogen-bond acceptors (Lipinski definition) is 5. The van der Waals surface area contributed by atoms with Crippen LogP contribution in [0.15, 0.2) is 30.3 Å². The third-order valence-electron chi connectivity index (χ3n) is 3.70. The smallest absolute Gasteiger partial charge is 0.134 e. The summed E-state index contributed by atoms with van der Waals surface area (Å²) >= 11 is 0. The Kier molecular flexibility index (Phi) is 4.01. The van der Waals surface area contributed by atoms with Gasteiger partial charge in [-0.25, -0.2) is 9.97 Å². The van der Waals surface area contributed by atoms with Gasteiger partial charge in [-0.15, -0.1) is 0 Å². The topological polar surface area (TPSA) is 61.3 Å². The summed E-state index contributed by atoms with van der Waals surface area (Å²) in [5.41, 5.74) is 2.79. The third kappa shape index (κ3) is 3.13. The van der Waals surface area contributed by atoms with Crippen molar-refractivity contribution in [2.24, 2.45) is 0 Å². The zero-order chi connectivity index (χ0) is 14.7. The molecule has 5 heteroatoms. The number of aromatic nitrogens is 2. The lowest BCUT2D eigenvalue weighted by molar-refractivity contribution is 0.311. The van der Waals surface area contributed by atoms with Crippen molar-refractivity contribution < 1.29 is 5.11 Å². The van der Waals surface area contributed by atoms with Gasteiger partial charge in [0.1, 0.15) is 17.5 Å². The Bertz CT molecular complexity index is 629. The number of aryl methyl sites for hydroxylation is 1. The maximum Gasteiger partial charge on any atom is 0.134 e. The molecule has 0 amide bonds. The highest BCUT2D eigenvalue weighted by Crippen LogP contribution is 2.24. The van der Waals surface area contributed by atoms with E-state index in [4.69, 9.17) is 5.11 Å². The van der Waals surface area contributed by atoms with Crippen molar-refractivity contribution in [2.45, 2.75) is 19.9 Å². The van der Waals surface area contributed by atoms with Crippen LogP contribution in [0.25, 0.3) is 0 Å². The minimum atomic E-state index is 0.0927. The standard InChI is InChI=1S/C16H20N4O/c1-12-18-15(17-7-9-21)10-16(19-12)20-8-6-13-4-2-3-5-14(13)11-20/h2-5,10,21H,6-9,11H2,1H3,(H,17,18,19). The largest absolute Gasteiger partial charge is 0.395 e. The summed E-state index contributed by atoms with van der Waals surface area (Å²) < 4.78 is 0. The number of nitrogens with zero attached hydrogens (tertiary/aromatic N) is 3. The second-order valence-corrected chi connectivity index (χ2v) is 5.25. The molecule has 0 unspecified atom stereocenters. The molecule has 2 N–H and O–H groups in total. The predicted octanol–water partition coefficient (Wildman–Crippen LogP) is 1.75. The van der Waals surface area contributed by atoms with Gasteiger partial charge in [0.2, 0.25) is 0 Å². The summed E-state index contributed by atoms with van der Waals surface area (Å²) in [6, 6.07) is 10.5. The second-order valence-electron chi connectivity index (χ2n) is 5.25. The third-order valence-corrected chi connectivity index (χ3v) is 3.70. The van der Waals surface area contributed by atoms with Crippen LogP contribution in [-0.4, -0.2) is 34.8 Å². The Morgan fingerprint density at radius 2 is 2.05 bits per heavy atom. The molecular weight excluding hydrogens is 264 g/mol. The highest BCUT2D eigenvalue weighted by molar-refractivity contribution is 5.51. The number of aliphatic hydroxyl groups is 1. The number of fused-ring (bicyclic) bond motifs is 1. The molecule has 0 saturated carbocycles. The fraction of sp³-hybridized carbons (Fsp3) is 0.375. The minimum absolute atomic E-state index is 0.0927. The monoisotopic (exact) mass is 284 g/mol. The average molecular weight is 284 g/mol. The number of benzene rings is 1. The van der Waals surface area contributed by atoms with Gasteiger partial charge < -0.3 is 15.3 Å². The molecule has 2 aromatic rings. The maximum atomic E-state index is 8.91. The lowest BCUT2D eigenvalue weighted by Crippen LogP contribution is -2.31. The van der Waals surface area contributed by atoms with E-state index in [9.17, 15) is 0 Å². The molecule has 3 rings (SSSR count). The Balaban J connectivity index is 1.83. The van der Waals surface area contributed by atoms with Crippen LogP contribution in [0, 0.1) is 6.92 Å². The van der Waals surface area contributed by atoms with Crippen molar-refractivity contribution in [3.63, 3.8) is 0 Å². The van der Waals surface area contributed by atoms with Crippen LogP contribution < -0.4 is 10.2 Å². The molecule has 1 aliphatic heterocycles. The number of hydrogen-bond donors (Lipinski definition) is 2. The van der Waals surface area contributed by atoms with Crippen LogP contribution in [0.2, 0.25) is 0 Å². The van der Waals surface area contributed by atoms with Crippen molar-refractivity contribution in [2.75, 3.05) is 29.9 Å². The van der Waals surface area contributed by atoms with E-state index in [1.54, 1.807) is 0 Å². The van der Waals surface area contributed by atoms with E-state index >= 15 is 0 Å². The van der Waals surface area contributed by atoms with E-state index < -0.39 is 0 Å². The second kappa shape index (κ2) is 6.10. The fourth-order valence-corrected chi connectivity index (χ4v) is 2.68. The van der Waals surface area contributed by atoms with Gasteiger partial charge in [-0.05, 0) is 24.5 Å². The Hall–Kier alpha value is -2.14. The van der Waals surface area contributed by atoms with Crippen molar-refractivity contribution >= 4 is 11.6 Å². The maximum absolute atomic E-state index is 8.91. The SMILES string of the molecule is Cc1nc(NCCO)cc(N2CCc3ccccc3C2)n1. The highest BCUT2D eigenvalue weighted by Gasteiger charge is 2.17. The first-order chi connectivity index (χ1) is 10.3. The van der Waals surface area contributed by atoms with E-state index in [-0.39, 0.29) is 6.61 Å². The zero-order valence-electron chi connectivity index (χ0n) is 12.2. The molecule has 5 nitrogen and oxygen atoms in total. The van der Waals surface area contributed by atoms with Crippen LogP contribution in [0.5, 0.6) is 0 Å². The number of nitrogens with one attached hydrogen (secondary N) is 1. The van der Waals surface area contributed by atoms with Gasteiger partial charge in [-0.2, -0.15) is 0 Å². The first kappa shape index (κ1) is 13.8. The molecule has 0 bridgehead atoms. The molecule has 0 radical (unpaired) electrons. The zero-order valence-corrected chi connectivity index (χ0v) is 12.2. The van der Waals surface area contributed by atoms with Gasteiger partial charge in [-0.1, -0.05) is 24.3 Å². The molecule has 21 heavy (non-hydrogen) atoms. The van der Waals surface area contributed by atoms with Crippen molar-refractivity contribution in [1.29, 1.82) is 0 Å². The van der Waals surface area contributed by atoms with E-state index in [0.717, 1.165) is 37.0 Å². The molecular formula is C16H20N4O. The molecule has 0 spiro atoms. The van der Waals surface area contributed by atoms with Crippen LogP contribution >= 0.6 is 0 Å². The number of anilines is 2. The van der Waals surface area contributed by atoms with Crippen LogP contribution in [0.1, 0.15) is 17.0 Å². The average Bonchev–Trinajstić information content (AvgIpc) is 2.52. The molecule has 0 aliphatic carbocycles. The first-order valence-electron chi connectivity index (χ1n) is 7.28. The van der Waals surface area contributed by atoms with Gasteiger partial charge in [-0.3, -0.25) is 0 Å². The van der Waals surface area contributed by atoms with Crippen LogP contribution in [0.3, 0.4) is 0 Å². The normalized spacial score (nSPS) is 13.9. The van der Waals surface area contributed by atoms with Gasteiger partial charge >= 0.3 is 0 Å². The molecule has 0 fully saturated rings. The summed E-state index contributed by atoms with van der Waals surface area (Å²) in [6.07, 6.45) is 1.04. The van der Waals surface area contributed by atoms with Gasteiger partial charge in [0, 0.05) is 25.7 Å². The van der Waals surface area contributed by atoms with Crippen molar-refractivity contribution in [3.05, 3.63) is 47.3 Å². The highest BCUT2D eigenvalue weighted by atomic mass is 16.3. The predicted molar refractivity (Wildman–Crippen MR) is 83.5 cm³/mol. The molecule has 2 heterocycles. The summed E-state index contributed by atoms with van der Waals surface area (Å²) in [5, 5.41) is 12.0. The summed E-state index contributed by atoms with van der Waals surface area (Å²) in [6.45, 7) is 4.33. The lowest BCUT2D eigenvalue weighted by Gasteiger charge is -2.30. The van der Waals surface area contributed by atoms with Gasteiger partial charge in [0.15, 0.2) is 0 Å². The number of rotatable bonds is 4. The lowest BCUT2D eigenvalue weighted by atomic mass is 10.00. The van der Waals surface area contributed by atoms with Gasteiger partial charge in [0.05, 0.1) is 6.61 Å². The van der Waals surface area contributed by atoms with E-state index in [1.807, 2.05) is 13.0 Å². The van der Waals surface area contributed by atoms with E-state index in [1.165, 1.54) is 11.1 Å². The Labute approximate surface area is 124 Å². The molecule has 1 aliphatic rings. The Morgan fingerprint density at radius 1 is 1.24 bits per heavy atom. The summed E-state index contributed by atoms with van der Waals surface area (Å²) in [5.74, 6) is 2.45. The molecule has 0 saturated heterocycles. The Morgan fingerprint density at radius 3 is 2.86 bits per heavy atom. The molecule has 0 atom stereocenters. The van der Waals surface area contributed by atoms with Crippen molar-refractivity contribution in [1.82, 2.24) is 9.97 Å². The van der Waals surface area contributed by atoms with Crippen LogP contribution in [0.4, 0.5) is 11.6 Å². The first-order valence-corrected chi connectivity index (χ1v) is 7.28. The summed E-state index contributed by atoms with van der Waals surface area (Å²) in [7, 11) is 0. The van der Waals surface area contributed by atoms with E-state index in [2.05, 4.69) is 44.5 Å². The van der Waals surface area contributed by atoms with Crippen LogP contribution in [-0.2, 0) is 13.0 Å². The number of aliphatic hydroxyl groups excluding tert-OH is 1. The van der Waals surface area contributed by atoms with Gasteiger partial charge in [0.25, 0.3) is 0 Å². The summed E-state index contributed by atoms with van der Waals surface area (Å²) in [4.78, 5) is 11.2. The van der Waals surface area contributed by atoms with E-state index in [0.29, 0.717) is 6.54 Å². The quantitative estimate of drug-likeness (QED) is 0.895. The molecule has 1 aromatic carbocycles. The molecule has 1 aromatic heterocycles. The van der Waals surface area contributed by atoms with Crippen molar-refractivity contribution in [3.8, 4) is 0 Å². The fourth-order valence-electron chi connectivity index (χ4n) is 2.68. The molecule has 110 valence electrons.